The zero-order chi connectivity index (χ0) is 17.9. The summed E-state index contributed by atoms with van der Waals surface area (Å²) in [5, 5.41) is 12.4. The smallest absolute Gasteiger partial charge is 0.335 e. The summed E-state index contributed by atoms with van der Waals surface area (Å²) >= 11 is 0. The largest absolute Gasteiger partial charge is 0.478 e. The summed E-state index contributed by atoms with van der Waals surface area (Å²) in [6.07, 6.45) is 7.06. The van der Waals surface area contributed by atoms with Crippen LogP contribution in [-0.4, -0.2) is 35.7 Å². The van der Waals surface area contributed by atoms with Crippen molar-refractivity contribution < 1.29 is 19.4 Å². The van der Waals surface area contributed by atoms with Crippen molar-refractivity contribution in [3.8, 4) is 0 Å². The van der Waals surface area contributed by atoms with Gasteiger partial charge in [-0.1, -0.05) is 37.5 Å². The van der Waals surface area contributed by atoms with Gasteiger partial charge >= 0.3 is 5.97 Å². The molecule has 0 saturated heterocycles. The van der Waals surface area contributed by atoms with Crippen LogP contribution >= 0.6 is 0 Å². The molecule has 5 nitrogen and oxygen atoms in total. The Bertz CT molecular complexity index is 636. The maximum absolute atomic E-state index is 12.5. The predicted molar refractivity (Wildman–Crippen MR) is 94.6 cm³/mol. The van der Waals surface area contributed by atoms with Gasteiger partial charge < -0.3 is 15.2 Å². The maximum Gasteiger partial charge on any atom is 0.335 e. The number of ether oxygens (including phenoxy) is 1. The van der Waals surface area contributed by atoms with Gasteiger partial charge in [-0.25, -0.2) is 4.79 Å². The second kappa shape index (κ2) is 7.56. The van der Waals surface area contributed by atoms with Crippen molar-refractivity contribution in [3.63, 3.8) is 0 Å². The zero-order valence-electron chi connectivity index (χ0n) is 14.8. The molecule has 0 radical (unpaired) electrons. The van der Waals surface area contributed by atoms with E-state index in [9.17, 15) is 14.7 Å². The zero-order valence-corrected chi connectivity index (χ0v) is 14.8. The van der Waals surface area contributed by atoms with Crippen LogP contribution in [0.25, 0.3) is 0 Å². The van der Waals surface area contributed by atoms with Gasteiger partial charge in [-0.2, -0.15) is 0 Å². The quantitative estimate of drug-likeness (QED) is 0.830. The molecule has 5 heteroatoms. The highest BCUT2D eigenvalue weighted by molar-refractivity contribution is 5.91. The van der Waals surface area contributed by atoms with E-state index in [0.29, 0.717) is 12.2 Å². The van der Waals surface area contributed by atoms with Gasteiger partial charge in [0.25, 0.3) is 0 Å². The summed E-state index contributed by atoms with van der Waals surface area (Å²) in [4.78, 5) is 23.8. The fraction of sp³-hybridized carbons (Fsp3) is 0.600. The van der Waals surface area contributed by atoms with Crippen molar-refractivity contribution in [2.75, 3.05) is 6.61 Å². The minimum atomic E-state index is -0.993. The summed E-state index contributed by atoms with van der Waals surface area (Å²) in [5.74, 6) is -1.09. The van der Waals surface area contributed by atoms with Crippen LogP contribution in [0.2, 0.25) is 0 Å². The predicted octanol–water partition coefficient (Wildman–Crippen LogP) is 3.17. The van der Waals surface area contributed by atoms with Gasteiger partial charge in [-0.15, -0.1) is 0 Å². The summed E-state index contributed by atoms with van der Waals surface area (Å²) in [6.45, 7) is 2.73. The normalized spacial score (nSPS) is 24.5. The van der Waals surface area contributed by atoms with Crippen molar-refractivity contribution in [3.05, 3.63) is 35.4 Å². The Morgan fingerprint density at radius 1 is 1.24 bits per heavy atom. The average molecular weight is 345 g/mol. The molecule has 1 spiro atoms. The number of carboxylic acid groups (broad SMARTS) is 1. The van der Waals surface area contributed by atoms with Gasteiger partial charge in [0.15, 0.2) is 0 Å². The van der Waals surface area contributed by atoms with E-state index >= 15 is 0 Å². The molecule has 0 heterocycles. The molecular formula is C20H27NO4. The van der Waals surface area contributed by atoms with Crippen molar-refractivity contribution in [2.45, 2.75) is 64.0 Å². The molecule has 1 amide bonds. The van der Waals surface area contributed by atoms with E-state index in [-0.39, 0.29) is 35.5 Å². The fourth-order valence-electron chi connectivity index (χ4n) is 4.57. The molecule has 1 aromatic rings. The van der Waals surface area contributed by atoms with Crippen molar-refractivity contribution in [2.24, 2.45) is 5.41 Å². The molecule has 2 aliphatic carbocycles. The molecule has 2 unspecified atom stereocenters. The third-order valence-corrected chi connectivity index (χ3v) is 5.87. The van der Waals surface area contributed by atoms with Crippen LogP contribution in [0.3, 0.4) is 0 Å². The first-order valence-corrected chi connectivity index (χ1v) is 9.29. The summed E-state index contributed by atoms with van der Waals surface area (Å²) in [7, 11) is 0. The van der Waals surface area contributed by atoms with Gasteiger partial charge in [-0.3, -0.25) is 4.79 Å². The van der Waals surface area contributed by atoms with Crippen LogP contribution in [0, 0.1) is 5.41 Å². The first-order chi connectivity index (χ1) is 12.1. The topological polar surface area (TPSA) is 75.6 Å². The molecule has 0 aromatic heterocycles. The molecule has 2 saturated carbocycles. The molecule has 3 rings (SSSR count). The van der Waals surface area contributed by atoms with Gasteiger partial charge in [0.2, 0.25) is 5.91 Å². The van der Waals surface area contributed by atoms with Gasteiger partial charge in [0.1, 0.15) is 0 Å². The number of nitrogens with one attached hydrogen (secondary N) is 1. The van der Waals surface area contributed by atoms with Crippen LogP contribution in [0.5, 0.6) is 0 Å². The van der Waals surface area contributed by atoms with Crippen LogP contribution in [0.1, 0.15) is 61.4 Å². The summed E-state index contributed by atoms with van der Waals surface area (Å²) in [5.41, 5.74) is 0.840. The maximum atomic E-state index is 12.5. The second-order valence-electron chi connectivity index (χ2n) is 7.23. The Morgan fingerprint density at radius 2 is 1.96 bits per heavy atom. The molecule has 2 aliphatic rings. The van der Waals surface area contributed by atoms with Crippen LogP contribution in [-0.2, 0) is 16.0 Å². The molecule has 2 atom stereocenters. The summed E-state index contributed by atoms with van der Waals surface area (Å²) in [6, 6.07) is 6.85. The Balaban J connectivity index is 1.66. The molecule has 0 aliphatic heterocycles. The van der Waals surface area contributed by atoms with E-state index < -0.39 is 5.97 Å². The molecule has 25 heavy (non-hydrogen) atoms. The third kappa shape index (κ3) is 3.56. The van der Waals surface area contributed by atoms with E-state index in [1.54, 1.807) is 24.3 Å². The lowest BCUT2D eigenvalue weighted by Gasteiger charge is -2.57. The Labute approximate surface area is 148 Å². The number of carbonyl (C=O) groups is 2. The number of rotatable bonds is 6. The molecule has 136 valence electrons. The Kier molecular flexibility index (Phi) is 5.42. The van der Waals surface area contributed by atoms with E-state index in [2.05, 4.69) is 5.32 Å². The monoisotopic (exact) mass is 345 g/mol. The molecule has 2 fully saturated rings. The minimum Gasteiger partial charge on any atom is -0.478 e. The SMILES string of the molecule is CCOC1CC(NC(=O)Cc2ccccc2C(=O)O)C12CCCCC2. The highest BCUT2D eigenvalue weighted by Crippen LogP contribution is 2.53. The van der Waals surface area contributed by atoms with Gasteiger partial charge in [0.05, 0.1) is 18.1 Å². The number of amides is 1. The highest BCUT2D eigenvalue weighted by Gasteiger charge is 2.56. The van der Waals surface area contributed by atoms with E-state index in [0.717, 1.165) is 19.3 Å². The fourth-order valence-corrected chi connectivity index (χ4v) is 4.57. The first-order valence-electron chi connectivity index (χ1n) is 9.29. The minimum absolute atomic E-state index is 0.0796. The lowest BCUT2D eigenvalue weighted by molar-refractivity contribution is -0.156. The van der Waals surface area contributed by atoms with Crippen molar-refractivity contribution in [1.82, 2.24) is 5.32 Å². The lowest BCUT2D eigenvalue weighted by Crippen LogP contribution is -2.65. The van der Waals surface area contributed by atoms with Crippen LogP contribution in [0.15, 0.2) is 24.3 Å². The number of carbonyl (C=O) groups excluding carboxylic acids is 1. The van der Waals surface area contributed by atoms with E-state index in [1.807, 2.05) is 6.92 Å². The number of aromatic carboxylic acids is 1. The lowest BCUT2D eigenvalue weighted by atomic mass is 9.55. The Hall–Kier alpha value is -1.88. The third-order valence-electron chi connectivity index (χ3n) is 5.87. The van der Waals surface area contributed by atoms with Crippen molar-refractivity contribution >= 4 is 11.9 Å². The van der Waals surface area contributed by atoms with Gasteiger partial charge in [0, 0.05) is 18.1 Å². The molecule has 2 N–H and O–H groups in total. The van der Waals surface area contributed by atoms with E-state index in [1.165, 1.54) is 19.3 Å². The van der Waals surface area contributed by atoms with E-state index in [4.69, 9.17) is 4.74 Å². The summed E-state index contributed by atoms with van der Waals surface area (Å²) < 4.78 is 5.92. The first kappa shape index (κ1) is 17.9. The van der Waals surface area contributed by atoms with Crippen LogP contribution < -0.4 is 5.32 Å². The average Bonchev–Trinajstić information content (AvgIpc) is 2.62. The van der Waals surface area contributed by atoms with Crippen LogP contribution in [0.4, 0.5) is 0 Å². The number of benzene rings is 1. The molecule has 0 bridgehead atoms. The van der Waals surface area contributed by atoms with Crippen molar-refractivity contribution in [1.29, 1.82) is 0 Å². The number of hydrogen-bond donors (Lipinski definition) is 2. The highest BCUT2D eigenvalue weighted by atomic mass is 16.5. The van der Waals surface area contributed by atoms with Gasteiger partial charge in [-0.05, 0) is 37.8 Å². The Morgan fingerprint density at radius 3 is 2.64 bits per heavy atom. The second-order valence-corrected chi connectivity index (χ2v) is 7.23. The molecule has 1 aromatic carbocycles. The standard InChI is InChI=1S/C20H27NO4/c1-2-25-17-13-16(20(17)10-6-3-7-11-20)21-18(22)12-14-8-4-5-9-15(14)19(23)24/h4-5,8-9,16-17H,2-3,6-7,10-13H2,1H3,(H,21,22)(H,23,24). The number of hydrogen-bond acceptors (Lipinski definition) is 3. The number of carboxylic acids is 1. The molecular weight excluding hydrogens is 318 g/mol.